The Morgan fingerprint density at radius 2 is 1.88 bits per heavy atom. The Kier molecular flexibility index (Phi) is 6.26. The summed E-state index contributed by atoms with van der Waals surface area (Å²) in [6.45, 7) is 0.385. The zero-order valence-electron chi connectivity index (χ0n) is 13.4. The van der Waals surface area contributed by atoms with Crippen LogP contribution in [-0.2, 0) is 6.42 Å². The van der Waals surface area contributed by atoms with Gasteiger partial charge in [0.05, 0.1) is 19.9 Å². The number of amides is 2. The number of hydrogen-bond donors (Lipinski definition) is 2. The molecule has 2 aromatic rings. The molecule has 0 radical (unpaired) electrons. The molecule has 0 saturated heterocycles. The van der Waals surface area contributed by atoms with Crippen LogP contribution >= 0.6 is 11.6 Å². The number of ether oxygens (including phenoxy) is 2. The normalized spacial score (nSPS) is 10.2. The van der Waals surface area contributed by atoms with E-state index in [-0.39, 0.29) is 10.7 Å². The molecular weight excluding hydrogens is 335 g/mol. The summed E-state index contributed by atoms with van der Waals surface area (Å²) in [7, 11) is 3.13. The van der Waals surface area contributed by atoms with E-state index < -0.39 is 11.8 Å². The van der Waals surface area contributed by atoms with E-state index in [1.807, 2.05) is 12.1 Å². The molecule has 0 unspecified atom stereocenters. The molecule has 0 aliphatic heterocycles. The van der Waals surface area contributed by atoms with E-state index >= 15 is 0 Å². The number of urea groups is 1. The van der Waals surface area contributed by atoms with Gasteiger partial charge in [0.25, 0.3) is 0 Å². The minimum absolute atomic E-state index is 0.0722. The maximum atomic E-state index is 13.6. The molecule has 2 amide bonds. The van der Waals surface area contributed by atoms with E-state index in [0.29, 0.717) is 24.5 Å². The fourth-order valence-electron chi connectivity index (χ4n) is 2.11. The first-order chi connectivity index (χ1) is 11.5. The molecule has 128 valence electrons. The zero-order chi connectivity index (χ0) is 17.5. The fraction of sp³-hybridized carbons (Fsp3) is 0.235. The Hall–Kier alpha value is -2.47. The van der Waals surface area contributed by atoms with Crippen LogP contribution in [0.2, 0.25) is 5.02 Å². The van der Waals surface area contributed by atoms with Gasteiger partial charge in [-0.3, -0.25) is 0 Å². The van der Waals surface area contributed by atoms with Crippen molar-refractivity contribution in [2.24, 2.45) is 0 Å². The van der Waals surface area contributed by atoms with Gasteiger partial charge in [0.1, 0.15) is 5.82 Å². The molecule has 0 heterocycles. The lowest BCUT2D eigenvalue weighted by atomic mass is 10.1. The smallest absolute Gasteiger partial charge is 0.319 e. The lowest BCUT2D eigenvalue weighted by molar-refractivity contribution is 0.252. The van der Waals surface area contributed by atoms with Gasteiger partial charge in [-0.1, -0.05) is 17.7 Å². The summed E-state index contributed by atoms with van der Waals surface area (Å²) in [5, 5.41) is 5.37. The van der Waals surface area contributed by atoms with Gasteiger partial charge in [0, 0.05) is 11.6 Å². The van der Waals surface area contributed by atoms with Crippen LogP contribution in [0.25, 0.3) is 0 Å². The third kappa shape index (κ3) is 4.76. The average molecular weight is 353 g/mol. The van der Waals surface area contributed by atoms with Gasteiger partial charge in [-0.05, 0) is 42.3 Å². The number of rotatable bonds is 6. The molecular formula is C17H18ClFN2O3. The molecule has 0 aliphatic carbocycles. The quantitative estimate of drug-likeness (QED) is 0.830. The second kappa shape index (κ2) is 8.40. The Morgan fingerprint density at radius 3 is 2.54 bits per heavy atom. The standard InChI is InChI=1S/C17H18ClFN2O3/c1-23-15-6-3-11(9-16(15)24-2)7-8-20-17(22)21-14-5-4-12(18)10-13(14)19/h3-6,9-10H,7-8H2,1-2H3,(H2,20,21,22). The minimum Gasteiger partial charge on any atom is -0.493 e. The van der Waals surface area contributed by atoms with E-state index in [1.54, 1.807) is 20.3 Å². The lowest BCUT2D eigenvalue weighted by Gasteiger charge is -2.11. The number of hydrogen-bond acceptors (Lipinski definition) is 3. The SMILES string of the molecule is COc1ccc(CCNC(=O)Nc2ccc(Cl)cc2F)cc1OC. The second-order valence-corrected chi connectivity index (χ2v) is 5.38. The van der Waals surface area contributed by atoms with Crippen molar-refractivity contribution >= 4 is 23.3 Å². The number of halogens is 2. The van der Waals surface area contributed by atoms with Gasteiger partial charge in [0.2, 0.25) is 0 Å². The number of carbonyl (C=O) groups excluding carboxylic acids is 1. The van der Waals surface area contributed by atoms with E-state index in [9.17, 15) is 9.18 Å². The Labute approximate surface area is 144 Å². The van der Waals surface area contributed by atoms with Gasteiger partial charge < -0.3 is 20.1 Å². The van der Waals surface area contributed by atoms with Crippen molar-refractivity contribution in [2.75, 3.05) is 26.1 Å². The monoisotopic (exact) mass is 352 g/mol. The molecule has 0 atom stereocenters. The molecule has 0 fully saturated rings. The highest BCUT2D eigenvalue weighted by molar-refractivity contribution is 6.30. The van der Waals surface area contributed by atoms with Crippen molar-refractivity contribution in [1.29, 1.82) is 0 Å². The molecule has 0 aromatic heterocycles. The first-order valence-corrected chi connectivity index (χ1v) is 7.62. The van der Waals surface area contributed by atoms with Gasteiger partial charge in [0.15, 0.2) is 11.5 Å². The predicted octanol–water partition coefficient (Wildman–Crippen LogP) is 3.86. The largest absolute Gasteiger partial charge is 0.493 e. The predicted molar refractivity (Wildman–Crippen MR) is 91.7 cm³/mol. The summed E-state index contributed by atoms with van der Waals surface area (Å²) in [5.41, 5.74) is 1.05. The maximum Gasteiger partial charge on any atom is 0.319 e. The Morgan fingerprint density at radius 1 is 1.12 bits per heavy atom. The first-order valence-electron chi connectivity index (χ1n) is 7.24. The molecule has 5 nitrogen and oxygen atoms in total. The molecule has 2 N–H and O–H groups in total. The molecule has 24 heavy (non-hydrogen) atoms. The zero-order valence-corrected chi connectivity index (χ0v) is 14.1. The van der Waals surface area contributed by atoms with E-state index in [1.165, 1.54) is 12.1 Å². The Bertz CT molecular complexity index is 725. The highest BCUT2D eigenvalue weighted by Gasteiger charge is 2.08. The highest BCUT2D eigenvalue weighted by Crippen LogP contribution is 2.27. The molecule has 2 aromatic carbocycles. The van der Waals surface area contributed by atoms with Crippen LogP contribution < -0.4 is 20.1 Å². The summed E-state index contributed by atoms with van der Waals surface area (Å²) in [6.07, 6.45) is 0.594. The third-order valence-electron chi connectivity index (χ3n) is 3.33. The number of anilines is 1. The maximum absolute atomic E-state index is 13.6. The van der Waals surface area contributed by atoms with Crippen LogP contribution in [0, 0.1) is 5.82 Å². The minimum atomic E-state index is -0.586. The molecule has 0 saturated carbocycles. The fourth-order valence-corrected chi connectivity index (χ4v) is 2.27. The van der Waals surface area contributed by atoms with Crippen molar-refractivity contribution in [3.05, 3.63) is 52.8 Å². The topological polar surface area (TPSA) is 59.6 Å². The van der Waals surface area contributed by atoms with Crippen LogP contribution in [0.15, 0.2) is 36.4 Å². The summed E-state index contributed by atoms with van der Waals surface area (Å²) < 4.78 is 24.0. The van der Waals surface area contributed by atoms with Crippen LogP contribution in [0.5, 0.6) is 11.5 Å². The van der Waals surface area contributed by atoms with Crippen molar-refractivity contribution in [2.45, 2.75) is 6.42 Å². The lowest BCUT2D eigenvalue weighted by Crippen LogP contribution is -2.30. The van der Waals surface area contributed by atoms with Crippen molar-refractivity contribution in [1.82, 2.24) is 5.32 Å². The molecule has 7 heteroatoms. The van der Waals surface area contributed by atoms with Crippen molar-refractivity contribution in [3.63, 3.8) is 0 Å². The molecule has 2 rings (SSSR count). The highest BCUT2D eigenvalue weighted by atomic mass is 35.5. The first kappa shape index (κ1) is 17.9. The van der Waals surface area contributed by atoms with E-state index in [4.69, 9.17) is 21.1 Å². The van der Waals surface area contributed by atoms with Crippen LogP contribution in [0.3, 0.4) is 0 Å². The van der Waals surface area contributed by atoms with E-state index in [2.05, 4.69) is 10.6 Å². The summed E-state index contributed by atoms with van der Waals surface area (Å²) in [5.74, 6) is 0.686. The van der Waals surface area contributed by atoms with Crippen LogP contribution in [0.1, 0.15) is 5.56 Å². The summed E-state index contributed by atoms with van der Waals surface area (Å²) >= 11 is 5.66. The third-order valence-corrected chi connectivity index (χ3v) is 3.56. The van der Waals surface area contributed by atoms with Crippen LogP contribution in [0.4, 0.5) is 14.9 Å². The number of carbonyl (C=O) groups is 1. The summed E-state index contributed by atoms with van der Waals surface area (Å²) in [6, 6.07) is 9.10. The number of methoxy groups -OCH3 is 2. The van der Waals surface area contributed by atoms with Crippen molar-refractivity contribution < 1.29 is 18.7 Å². The van der Waals surface area contributed by atoms with Crippen molar-refractivity contribution in [3.8, 4) is 11.5 Å². The molecule has 0 aliphatic rings. The van der Waals surface area contributed by atoms with E-state index in [0.717, 1.165) is 11.6 Å². The second-order valence-electron chi connectivity index (χ2n) is 4.94. The summed E-state index contributed by atoms with van der Waals surface area (Å²) in [4.78, 5) is 11.8. The van der Waals surface area contributed by atoms with Gasteiger partial charge in [-0.15, -0.1) is 0 Å². The number of benzene rings is 2. The average Bonchev–Trinajstić information content (AvgIpc) is 2.57. The van der Waals surface area contributed by atoms with Gasteiger partial charge >= 0.3 is 6.03 Å². The van der Waals surface area contributed by atoms with Crippen LogP contribution in [-0.4, -0.2) is 26.8 Å². The Balaban J connectivity index is 1.86. The van der Waals surface area contributed by atoms with Gasteiger partial charge in [-0.2, -0.15) is 0 Å². The van der Waals surface area contributed by atoms with Gasteiger partial charge in [-0.25, -0.2) is 9.18 Å². The molecule has 0 spiro atoms. The molecule has 0 bridgehead atoms. The number of nitrogens with one attached hydrogen (secondary N) is 2.